The van der Waals surface area contributed by atoms with Gasteiger partial charge in [-0.15, -0.1) is 0 Å². The van der Waals surface area contributed by atoms with Crippen LogP contribution in [0, 0.1) is 0 Å². The molecule has 0 aromatic carbocycles. The highest BCUT2D eigenvalue weighted by Gasteiger charge is 2.06. The molecule has 0 unspecified atom stereocenters. The molecule has 0 aliphatic rings. The number of unbranched alkanes of at least 4 members (excludes halogenated alkanes) is 4. The topological polar surface area (TPSA) is 80.3 Å². The van der Waals surface area contributed by atoms with Crippen molar-refractivity contribution in [3.05, 3.63) is 0 Å². The average Bonchev–Trinajstić information content (AvgIpc) is 2.36. The van der Waals surface area contributed by atoms with E-state index >= 15 is 0 Å². The highest BCUT2D eigenvalue weighted by molar-refractivity contribution is 8.31. The summed E-state index contributed by atoms with van der Waals surface area (Å²) in [5.74, 6) is 0.279. The van der Waals surface area contributed by atoms with Crippen molar-refractivity contribution in [3.63, 3.8) is 0 Å². The summed E-state index contributed by atoms with van der Waals surface area (Å²) in [5, 5.41) is 0. The molecular formula is C13H31Cl2NO4S2. The Bertz CT molecular complexity index is 402. The number of hydrogen-bond donors (Lipinski definition) is 1. The summed E-state index contributed by atoms with van der Waals surface area (Å²) in [4.78, 5) is 0. The van der Waals surface area contributed by atoms with E-state index in [4.69, 9.17) is 8.42 Å². The molecule has 9 heteroatoms. The first-order valence-corrected chi connectivity index (χ1v) is 12.4. The molecule has 0 aromatic rings. The van der Waals surface area contributed by atoms with E-state index in [-0.39, 0.29) is 5.75 Å². The Kier molecular flexibility index (Phi) is 22.1. The first-order valence-electron chi connectivity index (χ1n) is 7.65. The standard InChI is InChI=1S/C8H19NO2S.C5H12.Cl2O2S/c1-3-5-6-8-12(10,11)9-7-4-2;1-3-5-4-2;1-5(2,3)4/h9H,3-8H2,1-2H3;3-5H2,1-2H3;. The zero-order chi connectivity index (χ0) is 18.1. The molecule has 0 rings (SSSR count). The molecular weight excluding hydrogens is 369 g/mol. The molecule has 0 aliphatic carbocycles. The number of sulfonamides is 1. The third-order valence-corrected chi connectivity index (χ3v) is 3.77. The third-order valence-electron chi connectivity index (χ3n) is 2.30. The van der Waals surface area contributed by atoms with Crippen molar-refractivity contribution in [2.24, 2.45) is 0 Å². The zero-order valence-corrected chi connectivity index (χ0v) is 17.2. The fourth-order valence-corrected chi connectivity index (χ4v) is 2.47. The van der Waals surface area contributed by atoms with Crippen LogP contribution in [0.1, 0.15) is 72.6 Å². The molecule has 0 fully saturated rings. The van der Waals surface area contributed by atoms with Gasteiger partial charge in [0.25, 0.3) is 0 Å². The van der Waals surface area contributed by atoms with Gasteiger partial charge >= 0.3 is 8.26 Å². The van der Waals surface area contributed by atoms with Crippen LogP contribution in [0.3, 0.4) is 0 Å². The van der Waals surface area contributed by atoms with Crippen molar-refractivity contribution in [1.29, 1.82) is 0 Å². The van der Waals surface area contributed by atoms with Gasteiger partial charge in [-0.05, 0) is 12.8 Å². The quantitative estimate of drug-likeness (QED) is 0.459. The Morgan fingerprint density at radius 2 is 1.14 bits per heavy atom. The molecule has 0 saturated carbocycles. The van der Waals surface area contributed by atoms with Gasteiger partial charge in [0.2, 0.25) is 10.0 Å². The van der Waals surface area contributed by atoms with Crippen molar-refractivity contribution in [2.45, 2.75) is 72.6 Å². The van der Waals surface area contributed by atoms with Gasteiger partial charge in [0.1, 0.15) is 0 Å². The molecule has 0 atom stereocenters. The van der Waals surface area contributed by atoms with Crippen LogP contribution < -0.4 is 4.72 Å². The van der Waals surface area contributed by atoms with Crippen molar-refractivity contribution < 1.29 is 16.8 Å². The van der Waals surface area contributed by atoms with Gasteiger partial charge < -0.3 is 0 Å². The first kappa shape index (κ1) is 27.3. The van der Waals surface area contributed by atoms with Gasteiger partial charge in [0.15, 0.2) is 0 Å². The van der Waals surface area contributed by atoms with Crippen LogP contribution in [0.5, 0.6) is 0 Å². The fourth-order valence-electron chi connectivity index (χ4n) is 1.23. The molecule has 0 radical (unpaired) electrons. The van der Waals surface area contributed by atoms with Crippen LogP contribution in [0.4, 0.5) is 0 Å². The summed E-state index contributed by atoms with van der Waals surface area (Å²) in [6, 6.07) is 0. The van der Waals surface area contributed by atoms with Crippen molar-refractivity contribution in [2.75, 3.05) is 12.3 Å². The molecule has 0 amide bonds. The lowest BCUT2D eigenvalue weighted by atomic mass is 10.3. The summed E-state index contributed by atoms with van der Waals surface area (Å²) in [7, 11) is 1.85. The molecule has 0 aromatic heterocycles. The molecule has 0 saturated heterocycles. The number of nitrogens with one attached hydrogen (secondary N) is 1. The van der Waals surface area contributed by atoms with E-state index in [1.807, 2.05) is 6.92 Å². The Balaban J connectivity index is -0.000000298. The number of halogens is 2. The second kappa shape index (κ2) is 17.8. The second-order valence-corrected chi connectivity index (χ2v) is 10.2. The van der Waals surface area contributed by atoms with Gasteiger partial charge in [0, 0.05) is 27.9 Å². The molecule has 0 spiro atoms. The van der Waals surface area contributed by atoms with Gasteiger partial charge in [-0.25, -0.2) is 13.1 Å². The van der Waals surface area contributed by atoms with Gasteiger partial charge in [0.05, 0.1) is 5.75 Å². The van der Waals surface area contributed by atoms with Gasteiger partial charge in [-0.2, -0.15) is 8.42 Å². The molecule has 0 heterocycles. The van der Waals surface area contributed by atoms with Crippen LogP contribution in [-0.4, -0.2) is 29.1 Å². The zero-order valence-electron chi connectivity index (χ0n) is 14.1. The SMILES string of the molecule is CCCCC.CCCCCS(=O)(=O)NCCC.O=S(=O)(Cl)Cl. The summed E-state index contributed by atoms with van der Waals surface area (Å²) < 4.78 is 43.2. The Morgan fingerprint density at radius 3 is 1.41 bits per heavy atom. The predicted octanol–water partition coefficient (Wildman–Crippen LogP) is 4.41. The minimum Gasteiger partial charge on any atom is -0.215 e. The fraction of sp³-hybridized carbons (Fsp3) is 1.00. The second-order valence-electron chi connectivity index (χ2n) is 4.65. The van der Waals surface area contributed by atoms with E-state index in [0.29, 0.717) is 6.54 Å². The number of hydrogen-bond acceptors (Lipinski definition) is 4. The first-order chi connectivity index (χ1) is 10.0. The Morgan fingerprint density at radius 1 is 0.727 bits per heavy atom. The van der Waals surface area contributed by atoms with E-state index in [1.165, 1.54) is 19.3 Å². The molecule has 138 valence electrons. The molecule has 5 nitrogen and oxygen atoms in total. The lowest BCUT2D eigenvalue weighted by Gasteiger charge is -2.03. The maximum absolute atomic E-state index is 11.2. The van der Waals surface area contributed by atoms with E-state index in [0.717, 1.165) is 25.7 Å². The van der Waals surface area contributed by atoms with Crippen molar-refractivity contribution in [3.8, 4) is 0 Å². The molecule has 1 N–H and O–H groups in total. The predicted molar refractivity (Wildman–Crippen MR) is 97.4 cm³/mol. The lowest BCUT2D eigenvalue weighted by Crippen LogP contribution is -2.26. The summed E-state index contributed by atoms with van der Waals surface area (Å²) >= 11 is 0. The summed E-state index contributed by atoms with van der Waals surface area (Å²) in [6.45, 7) is 9.00. The van der Waals surface area contributed by atoms with Crippen LogP contribution >= 0.6 is 21.4 Å². The minimum atomic E-state index is -3.72. The highest BCUT2D eigenvalue weighted by atomic mass is 36.0. The van der Waals surface area contributed by atoms with Crippen molar-refractivity contribution in [1.82, 2.24) is 4.72 Å². The van der Waals surface area contributed by atoms with Gasteiger partial charge in [-0.1, -0.05) is 59.8 Å². The van der Waals surface area contributed by atoms with Crippen LogP contribution in [0.15, 0.2) is 0 Å². The van der Waals surface area contributed by atoms with E-state index in [9.17, 15) is 8.42 Å². The molecule has 22 heavy (non-hydrogen) atoms. The van der Waals surface area contributed by atoms with E-state index in [2.05, 4.69) is 46.9 Å². The molecule has 0 aliphatic heterocycles. The largest absolute Gasteiger partial charge is 0.317 e. The summed E-state index contributed by atoms with van der Waals surface area (Å²) in [6.07, 6.45) is 7.76. The van der Waals surface area contributed by atoms with E-state index < -0.39 is 18.3 Å². The maximum Gasteiger partial charge on any atom is 0.317 e. The maximum atomic E-state index is 11.2. The Hall–Kier alpha value is 0.440. The monoisotopic (exact) mass is 399 g/mol. The highest BCUT2D eigenvalue weighted by Crippen LogP contribution is 1.98. The van der Waals surface area contributed by atoms with Crippen LogP contribution in [0.2, 0.25) is 0 Å². The third kappa shape index (κ3) is 42.8. The lowest BCUT2D eigenvalue weighted by molar-refractivity contribution is 0.576. The van der Waals surface area contributed by atoms with Crippen LogP contribution in [0.25, 0.3) is 0 Å². The average molecular weight is 400 g/mol. The normalized spacial score (nSPS) is 11.0. The smallest absolute Gasteiger partial charge is 0.215 e. The molecule has 0 bridgehead atoms. The summed E-state index contributed by atoms with van der Waals surface area (Å²) in [5.41, 5.74) is 0. The number of rotatable bonds is 9. The Labute approximate surface area is 146 Å². The van der Waals surface area contributed by atoms with Crippen molar-refractivity contribution >= 4 is 39.7 Å². The van der Waals surface area contributed by atoms with Gasteiger partial charge in [-0.3, -0.25) is 0 Å². The van der Waals surface area contributed by atoms with E-state index in [1.54, 1.807) is 0 Å². The minimum absolute atomic E-state index is 0.279. The van der Waals surface area contributed by atoms with Crippen LogP contribution in [-0.2, 0) is 18.3 Å².